The van der Waals surface area contributed by atoms with Gasteiger partial charge < -0.3 is 9.47 Å². The van der Waals surface area contributed by atoms with Gasteiger partial charge in [-0.05, 0) is 55.4 Å². The SMILES string of the molecule is CN(C)CC/C=C1\c2ccccc2C=Cn2cc(C(=O)Cl)cc21. The average molecular weight is 327 g/mol. The van der Waals surface area contributed by atoms with Gasteiger partial charge in [0, 0.05) is 24.5 Å². The van der Waals surface area contributed by atoms with Crippen LogP contribution in [-0.4, -0.2) is 35.3 Å². The highest BCUT2D eigenvalue weighted by atomic mass is 35.5. The smallest absolute Gasteiger partial charge is 0.253 e. The summed E-state index contributed by atoms with van der Waals surface area (Å²) in [5.41, 5.74) is 4.99. The van der Waals surface area contributed by atoms with E-state index in [9.17, 15) is 4.79 Å². The van der Waals surface area contributed by atoms with Crippen molar-refractivity contribution in [2.45, 2.75) is 6.42 Å². The van der Waals surface area contributed by atoms with Gasteiger partial charge in [-0.3, -0.25) is 4.79 Å². The molecule has 1 aliphatic heterocycles. The second kappa shape index (κ2) is 6.57. The summed E-state index contributed by atoms with van der Waals surface area (Å²) in [5.74, 6) is 0. The van der Waals surface area contributed by atoms with Crippen LogP contribution in [0.25, 0.3) is 17.8 Å². The van der Waals surface area contributed by atoms with E-state index >= 15 is 0 Å². The molecular weight excluding hydrogens is 308 g/mol. The second-order valence-electron chi connectivity index (χ2n) is 5.91. The van der Waals surface area contributed by atoms with E-state index in [2.05, 4.69) is 43.3 Å². The molecule has 3 nitrogen and oxygen atoms in total. The fourth-order valence-corrected chi connectivity index (χ4v) is 2.90. The van der Waals surface area contributed by atoms with Gasteiger partial charge in [0.1, 0.15) is 0 Å². The van der Waals surface area contributed by atoms with E-state index in [0.717, 1.165) is 24.2 Å². The number of carbonyl (C=O) groups excluding carboxylic acids is 1. The molecule has 1 aromatic carbocycles. The van der Waals surface area contributed by atoms with Crippen LogP contribution in [0.1, 0.15) is 33.6 Å². The van der Waals surface area contributed by atoms with Crippen LogP contribution in [0.2, 0.25) is 0 Å². The zero-order valence-electron chi connectivity index (χ0n) is 13.3. The van der Waals surface area contributed by atoms with Gasteiger partial charge in [0.2, 0.25) is 0 Å². The topological polar surface area (TPSA) is 25.2 Å². The normalized spacial score (nSPS) is 14.7. The molecule has 0 atom stereocenters. The molecule has 3 rings (SSSR count). The minimum absolute atomic E-state index is 0.431. The Bertz CT molecular complexity index is 799. The molecule has 0 amide bonds. The molecule has 4 heteroatoms. The number of fused-ring (bicyclic) bond motifs is 2. The Morgan fingerprint density at radius 3 is 2.83 bits per heavy atom. The molecular formula is C19H19ClN2O. The van der Waals surface area contributed by atoms with E-state index < -0.39 is 5.24 Å². The van der Waals surface area contributed by atoms with Gasteiger partial charge in [-0.2, -0.15) is 0 Å². The van der Waals surface area contributed by atoms with E-state index in [-0.39, 0.29) is 0 Å². The minimum Gasteiger partial charge on any atom is -0.322 e. The molecule has 0 fully saturated rings. The van der Waals surface area contributed by atoms with Crippen molar-refractivity contribution in [1.29, 1.82) is 0 Å². The molecule has 0 bridgehead atoms. The number of halogens is 1. The average Bonchev–Trinajstić information content (AvgIpc) is 2.88. The highest BCUT2D eigenvalue weighted by Crippen LogP contribution is 2.32. The van der Waals surface area contributed by atoms with Crippen molar-refractivity contribution in [2.75, 3.05) is 20.6 Å². The molecule has 0 aliphatic carbocycles. The van der Waals surface area contributed by atoms with E-state index in [4.69, 9.17) is 11.6 Å². The summed E-state index contributed by atoms with van der Waals surface area (Å²) in [6.07, 6.45) is 9.00. The summed E-state index contributed by atoms with van der Waals surface area (Å²) in [5, 5.41) is -0.431. The Hall–Kier alpha value is -2.10. The fourth-order valence-electron chi connectivity index (χ4n) is 2.79. The summed E-state index contributed by atoms with van der Waals surface area (Å²) in [4.78, 5) is 13.7. The maximum atomic E-state index is 11.5. The fraction of sp³-hybridized carbons (Fsp3) is 0.211. The van der Waals surface area contributed by atoms with Gasteiger partial charge in [-0.1, -0.05) is 30.3 Å². The number of hydrogen-bond donors (Lipinski definition) is 0. The van der Waals surface area contributed by atoms with Crippen LogP contribution < -0.4 is 0 Å². The Kier molecular flexibility index (Phi) is 4.51. The van der Waals surface area contributed by atoms with Crippen LogP contribution in [0.3, 0.4) is 0 Å². The molecule has 0 unspecified atom stereocenters. The lowest BCUT2D eigenvalue weighted by molar-refractivity contribution is 0.108. The summed E-state index contributed by atoms with van der Waals surface area (Å²) < 4.78 is 1.97. The quantitative estimate of drug-likeness (QED) is 0.672. The van der Waals surface area contributed by atoms with E-state index in [1.807, 2.05) is 29.0 Å². The molecule has 0 saturated carbocycles. The lowest BCUT2D eigenvalue weighted by atomic mass is 9.96. The lowest BCUT2D eigenvalue weighted by Gasteiger charge is -2.12. The highest BCUT2D eigenvalue weighted by molar-refractivity contribution is 6.67. The third-order valence-corrected chi connectivity index (χ3v) is 4.16. The van der Waals surface area contributed by atoms with Crippen LogP contribution in [0, 0.1) is 0 Å². The number of hydrogen-bond acceptors (Lipinski definition) is 2. The maximum Gasteiger partial charge on any atom is 0.253 e. The number of aromatic nitrogens is 1. The van der Waals surface area contributed by atoms with Crippen LogP contribution in [0.5, 0.6) is 0 Å². The second-order valence-corrected chi connectivity index (χ2v) is 6.25. The van der Waals surface area contributed by atoms with E-state index in [0.29, 0.717) is 5.56 Å². The van der Waals surface area contributed by atoms with Gasteiger partial charge in [-0.15, -0.1) is 0 Å². The zero-order chi connectivity index (χ0) is 16.4. The van der Waals surface area contributed by atoms with Crippen molar-refractivity contribution < 1.29 is 4.79 Å². The highest BCUT2D eigenvalue weighted by Gasteiger charge is 2.18. The predicted octanol–water partition coefficient (Wildman–Crippen LogP) is 4.19. The predicted molar refractivity (Wildman–Crippen MR) is 96.5 cm³/mol. The standard InChI is InChI=1S/C19H19ClN2O/c1-21(2)10-5-8-17-16-7-4-3-6-14(16)9-11-22-13-15(19(20)23)12-18(17)22/h3-4,6-9,11-13H,5,10H2,1-2H3/b17-8+. The molecule has 0 saturated heterocycles. The molecule has 0 spiro atoms. The van der Waals surface area contributed by atoms with Crippen LogP contribution in [0.4, 0.5) is 0 Å². The Labute approximate surface area is 141 Å². The first-order valence-electron chi connectivity index (χ1n) is 7.61. The number of benzene rings is 1. The monoisotopic (exact) mass is 326 g/mol. The number of carbonyl (C=O) groups is 1. The molecule has 118 valence electrons. The molecule has 23 heavy (non-hydrogen) atoms. The third-order valence-electron chi connectivity index (χ3n) is 3.94. The summed E-state index contributed by atoms with van der Waals surface area (Å²) in [6, 6.07) is 10.2. The first kappa shape index (κ1) is 15.8. The first-order valence-corrected chi connectivity index (χ1v) is 7.98. The largest absolute Gasteiger partial charge is 0.322 e. The molecule has 1 aliphatic rings. The summed E-state index contributed by atoms with van der Waals surface area (Å²) >= 11 is 5.66. The van der Waals surface area contributed by atoms with Gasteiger partial charge in [0.15, 0.2) is 0 Å². The molecule has 2 aromatic rings. The zero-order valence-corrected chi connectivity index (χ0v) is 14.0. The Morgan fingerprint density at radius 2 is 2.09 bits per heavy atom. The van der Waals surface area contributed by atoms with E-state index in [1.165, 1.54) is 11.1 Å². The Balaban J connectivity index is 2.11. The van der Waals surface area contributed by atoms with Crippen LogP contribution in [0.15, 0.2) is 42.6 Å². The van der Waals surface area contributed by atoms with Crippen molar-refractivity contribution >= 4 is 34.7 Å². The van der Waals surface area contributed by atoms with Crippen LogP contribution in [-0.2, 0) is 0 Å². The number of nitrogens with zero attached hydrogens (tertiary/aromatic N) is 2. The van der Waals surface area contributed by atoms with Crippen molar-refractivity contribution in [3.63, 3.8) is 0 Å². The van der Waals surface area contributed by atoms with Gasteiger partial charge in [0.25, 0.3) is 5.24 Å². The first-order chi connectivity index (χ1) is 11.1. The number of rotatable bonds is 4. The molecule has 2 heterocycles. The lowest BCUT2D eigenvalue weighted by Crippen LogP contribution is -2.12. The van der Waals surface area contributed by atoms with Gasteiger partial charge in [0.05, 0.1) is 11.3 Å². The van der Waals surface area contributed by atoms with Crippen LogP contribution >= 0.6 is 11.6 Å². The van der Waals surface area contributed by atoms with Crippen molar-refractivity contribution in [3.05, 3.63) is 65.0 Å². The molecule has 1 aromatic heterocycles. The third kappa shape index (κ3) is 3.31. The summed E-state index contributed by atoms with van der Waals surface area (Å²) in [7, 11) is 4.13. The minimum atomic E-state index is -0.431. The molecule has 0 radical (unpaired) electrons. The summed E-state index contributed by atoms with van der Waals surface area (Å²) in [6.45, 7) is 0.973. The Morgan fingerprint density at radius 1 is 1.30 bits per heavy atom. The van der Waals surface area contributed by atoms with E-state index in [1.54, 1.807) is 6.20 Å². The van der Waals surface area contributed by atoms with Crippen molar-refractivity contribution in [3.8, 4) is 0 Å². The van der Waals surface area contributed by atoms with Crippen molar-refractivity contribution in [2.24, 2.45) is 0 Å². The maximum absolute atomic E-state index is 11.5. The van der Waals surface area contributed by atoms with Gasteiger partial charge in [-0.25, -0.2) is 0 Å². The van der Waals surface area contributed by atoms with Crippen molar-refractivity contribution in [1.82, 2.24) is 9.47 Å². The molecule has 0 N–H and O–H groups in total. The van der Waals surface area contributed by atoms with Gasteiger partial charge >= 0.3 is 0 Å².